The molecular weight excluding hydrogens is 514 g/mol. The molecule has 3 heterocycles. The quantitative estimate of drug-likeness (QED) is 0.255. The number of hydrogen-bond acceptors (Lipinski definition) is 7. The third kappa shape index (κ3) is 4.86. The lowest BCUT2D eigenvalue weighted by molar-refractivity contribution is 0.104. The number of ether oxygens (including phenoxy) is 2. The normalized spacial score (nSPS) is 13.5. The summed E-state index contributed by atoms with van der Waals surface area (Å²) in [5.41, 5.74) is 2.54. The maximum atomic E-state index is 13.7. The molecule has 0 saturated carbocycles. The first-order valence-electron chi connectivity index (χ1n) is 12.6. The SMILES string of the molecule is COc1ccccc1N1CCN(c2ncnc3[nH]cc(C(=O)c4ccc(Oc5ccccc5)cc4Cl)c23)CC1. The molecule has 0 bridgehead atoms. The third-order valence-electron chi connectivity index (χ3n) is 6.86. The lowest BCUT2D eigenvalue weighted by atomic mass is 10.0. The second-order valence-corrected chi connectivity index (χ2v) is 9.56. The average Bonchev–Trinajstić information content (AvgIpc) is 3.42. The Morgan fingerprint density at radius 2 is 1.62 bits per heavy atom. The minimum atomic E-state index is -0.207. The molecule has 1 saturated heterocycles. The first-order valence-corrected chi connectivity index (χ1v) is 13.0. The monoisotopic (exact) mass is 539 g/mol. The number of aromatic amines is 1. The smallest absolute Gasteiger partial charge is 0.196 e. The van der Waals surface area contributed by atoms with Crippen molar-refractivity contribution in [3.05, 3.63) is 101 Å². The molecule has 0 aliphatic carbocycles. The number of rotatable bonds is 7. The fourth-order valence-electron chi connectivity index (χ4n) is 4.93. The molecule has 0 atom stereocenters. The lowest BCUT2D eigenvalue weighted by Gasteiger charge is -2.37. The topological polar surface area (TPSA) is 83.6 Å². The van der Waals surface area contributed by atoms with Crippen LogP contribution in [0.3, 0.4) is 0 Å². The molecule has 2 aromatic heterocycles. The molecule has 3 aromatic carbocycles. The number of ketones is 1. The van der Waals surface area contributed by atoms with Crippen molar-refractivity contribution in [1.82, 2.24) is 15.0 Å². The Balaban J connectivity index is 1.26. The van der Waals surface area contributed by atoms with E-state index in [-0.39, 0.29) is 5.78 Å². The predicted molar refractivity (Wildman–Crippen MR) is 153 cm³/mol. The van der Waals surface area contributed by atoms with Crippen molar-refractivity contribution in [1.29, 1.82) is 0 Å². The van der Waals surface area contributed by atoms with Crippen molar-refractivity contribution >= 4 is 39.9 Å². The molecule has 196 valence electrons. The van der Waals surface area contributed by atoms with Crippen LogP contribution in [0.25, 0.3) is 11.0 Å². The molecule has 1 N–H and O–H groups in total. The zero-order valence-electron chi connectivity index (χ0n) is 21.3. The van der Waals surface area contributed by atoms with E-state index in [1.807, 2.05) is 48.5 Å². The number of nitrogens with zero attached hydrogens (tertiary/aromatic N) is 4. The fourth-order valence-corrected chi connectivity index (χ4v) is 5.18. The highest BCUT2D eigenvalue weighted by molar-refractivity contribution is 6.35. The average molecular weight is 540 g/mol. The Bertz CT molecular complexity index is 1630. The third-order valence-corrected chi connectivity index (χ3v) is 7.18. The highest BCUT2D eigenvalue weighted by Crippen LogP contribution is 2.34. The van der Waals surface area contributed by atoms with Gasteiger partial charge < -0.3 is 24.3 Å². The Morgan fingerprint density at radius 1 is 0.872 bits per heavy atom. The van der Waals surface area contributed by atoms with E-state index >= 15 is 0 Å². The zero-order chi connectivity index (χ0) is 26.8. The highest BCUT2D eigenvalue weighted by Gasteiger charge is 2.26. The number of halogens is 1. The number of methoxy groups -OCH3 is 1. The van der Waals surface area contributed by atoms with Crippen molar-refractivity contribution in [2.24, 2.45) is 0 Å². The number of nitrogens with one attached hydrogen (secondary N) is 1. The second-order valence-electron chi connectivity index (χ2n) is 9.16. The number of H-pyrrole nitrogens is 1. The fraction of sp³-hybridized carbons (Fsp3) is 0.167. The Morgan fingerprint density at radius 3 is 2.38 bits per heavy atom. The predicted octanol–water partition coefficient (Wildman–Crippen LogP) is 5.97. The van der Waals surface area contributed by atoms with Crippen LogP contribution in [0.1, 0.15) is 15.9 Å². The van der Waals surface area contributed by atoms with Crippen molar-refractivity contribution in [2.45, 2.75) is 0 Å². The number of carbonyl (C=O) groups excluding carboxylic acids is 1. The summed E-state index contributed by atoms with van der Waals surface area (Å²) in [6.07, 6.45) is 3.21. The van der Waals surface area contributed by atoms with Gasteiger partial charge in [-0.3, -0.25) is 4.79 Å². The van der Waals surface area contributed by atoms with Crippen LogP contribution in [0.4, 0.5) is 11.5 Å². The number of carbonyl (C=O) groups is 1. The van der Waals surface area contributed by atoms with Gasteiger partial charge in [0.25, 0.3) is 0 Å². The number of hydrogen-bond donors (Lipinski definition) is 1. The van der Waals surface area contributed by atoms with Crippen molar-refractivity contribution in [2.75, 3.05) is 43.1 Å². The number of fused-ring (bicyclic) bond motifs is 1. The summed E-state index contributed by atoms with van der Waals surface area (Å²) < 4.78 is 11.4. The maximum absolute atomic E-state index is 13.7. The van der Waals surface area contributed by atoms with Gasteiger partial charge in [-0.2, -0.15) is 0 Å². The summed E-state index contributed by atoms with van der Waals surface area (Å²) >= 11 is 6.58. The number of para-hydroxylation sites is 3. The van der Waals surface area contributed by atoms with E-state index < -0.39 is 0 Å². The van der Waals surface area contributed by atoms with Gasteiger partial charge in [-0.1, -0.05) is 41.9 Å². The van der Waals surface area contributed by atoms with Crippen LogP contribution >= 0.6 is 11.6 Å². The van der Waals surface area contributed by atoms with Crippen LogP contribution in [0.5, 0.6) is 17.2 Å². The number of anilines is 2. The molecule has 8 nitrogen and oxygen atoms in total. The van der Waals surface area contributed by atoms with Crippen LogP contribution in [0.15, 0.2) is 85.3 Å². The largest absolute Gasteiger partial charge is 0.495 e. The summed E-state index contributed by atoms with van der Waals surface area (Å²) in [5.74, 6) is 2.62. The maximum Gasteiger partial charge on any atom is 0.196 e. The van der Waals surface area contributed by atoms with Crippen LogP contribution in [0, 0.1) is 0 Å². The van der Waals surface area contributed by atoms with Crippen molar-refractivity contribution in [3.63, 3.8) is 0 Å². The van der Waals surface area contributed by atoms with Crippen LogP contribution in [-0.2, 0) is 0 Å². The molecule has 6 rings (SSSR count). The van der Waals surface area contributed by atoms with Gasteiger partial charge in [0, 0.05) is 44.0 Å². The molecule has 1 fully saturated rings. The van der Waals surface area contributed by atoms with Gasteiger partial charge in [0.2, 0.25) is 0 Å². The molecule has 1 aliphatic rings. The molecule has 0 radical (unpaired) electrons. The van der Waals surface area contributed by atoms with E-state index in [1.54, 1.807) is 31.5 Å². The van der Waals surface area contributed by atoms with E-state index in [9.17, 15) is 4.79 Å². The minimum absolute atomic E-state index is 0.207. The summed E-state index contributed by atoms with van der Waals surface area (Å²) in [6, 6.07) is 22.5. The summed E-state index contributed by atoms with van der Waals surface area (Å²) in [5, 5.41) is 1.00. The summed E-state index contributed by atoms with van der Waals surface area (Å²) in [7, 11) is 1.69. The van der Waals surface area contributed by atoms with Crippen LogP contribution in [0.2, 0.25) is 5.02 Å². The Kier molecular flexibility index (Phi) is 6.77. The molecular formula is C30H26ClN5O3. The molecule has 5 aromatic rings. The van der Waals surface area contributed by atoms with Gasteiger partial charge in [-0.05, 0) is 36.4 Å². The van der Waals surface area contributed by atoms with E-state index in [0.717, 1.165) is 43.4 Å². The first-order chi connectivity index (χ1) is 19.1. The Labute approximate surface area is 230 Å². The van der Waals surface area contributed by atoms with Gasteiger partial charge in [-0.15, -0.1) is 0 Å². The standard InChI is InChI=1S/C30H26ClN5O3/c1-38-26-10-6-5-9-25(26)35-13-15-36(16-14-35)30-27-23(18-32-29(27)33-19-34-30)28(37)22-12-11-21(17-24(22)31)39-20-7-3-2-4-8-20/h2-12,17-19H,13-16H2,1H3,(H,32,33,34). The Hall–Kier alpha value is -4.56. The highest BCUT2D eigenvalue weighted by atomic mass is 35.5. The second kappa shape index (κ2) is 10.7. The van der Waals surface area contributed by atoms with Gasteiger partial charge in [-0.25, -0.2) is 9.97 Å². The molecule has 0 spiro atoms. The van der Waals surface area contributed by atoms with Gasteiger partial charge in [0.15, 0.2) is 5.78 Å². The number of piperazine rings is 1. The van der Waals surface area contributed by atoms with E-state index in [4.69, 9.17) is 21.1 Å². The van der Waals surface area contributed by atoms with Crippen LogP contribution < -0.4 is 19.3 Å². The molecule has 0 amide bonds. The number of benzene rings is 3. The van der Waals surface area contributed by atoms with Crippen molar-refractivity contribution < 1.29 is 14.3 Å². The molecule has 1 aliphatic heterocycles. The van der Waals surface area contributed by atoms with E-state index in [1.165, 1.54) is 6.33 Å². The number of aromatic nitrogens is 3. The zero-order valence-corrected chi connectivity index (χ0v) is 22.1. The summed E-state index contributed by atoms with van der Waals surface area (Å²) in [4.78, 5) is 30.3. The molecule has 9 heteroatoms. The van der Waals surface area contributed by atoms with Gasteiger partial charge in [0.1, 0.15) is 35.0 Å². The summed E-state index contributed by atoms with van der Waals surface area (Å²) in [6.45, 7) is 3.03. The van der Waals surface area contributed by atoms with Crippen LogP contribution in [-0.4, -0.2) is 54.0 Å². The molecule has 0 unspecified atom stereocenters. The van der Waals surface area contributed by atoms with Crippen molar-refractivity contribution in [3.8, 4) is 17.2 Å². The van der Waals surface area contributed by atoms with E-state index in [2.05, 4.69) is 30.8 Å². The minimum Gasteiger partial charge on any atom is -0.495 e. The lowest BCUT2D eigenvalue weighted by Crippen LogP contribution is -2.47. The first kappa shape index (κ1) is 24.8. The van der Waals surface area contributed by atoms with Gasteiger partial charge >= 0.3 is 0 Å². The molecule has 39 heavy (non-hydrogen) atoms. The van der Waals surface area contributed by atoms with Gasteiger partial charge in [0.05, 0.1) is 28.8 Å². The van der Waals surface area contributed by atoms with E-state index in [0.29, 0.717) is 38.7 Å².